The Morgan fingerprint density at radius 3 is 2.55 bits per heavy atom. The lowest BCUT2D eigenvalue weighted by Gasteiger charge is -2.32. The first-order chi connectivity index (χ1) is 13.8. The monoisotopic (exact) mass is 427 g/mol. The Morgan fingerprint density at radius 1 is 1.14 bits per heavy atom. The summed E-state index contributed by atoms with van der Waals surface area (Å²) < 4.78 is 51.0. The Bertz CT molecular complexity index is 950. The fourth-order valence-corrected chi connectivity index (χ4v) is 4.18. The fraction of sp³-hybridized carbons (Fsp3) is 0.350. The maximum atomic E-state index is 13.4. The minimum Gasteiger partial charge on any atom is -0.480 e. The van der Waals surface area contributed by atoms with Gasteiger partial charge in [0.1, 0.15) is 6.04 Å². The van der Waals surface area contributed by atoms with Crippen molar-refractivity contribution < 1.29 is 32.5 Å². The summed E-state index contributed by atoms with van der Waals surface area (Å²) in [7, 11) is 0. The first kappa shape index (κ1) is 19.8. The van der Waals surface area contributed by atoms with Gasteiger partial charge in [0.25, 0.3) is 0 Å². The predicted octanol–water partition coefficient (Wildman–Crippen LogP) is 4.73. The van der Waals surface area contributed by atoms with Crippen molar-refractivity contribution in [3.63, 3.8) is 0 Å². The van der Waals surface area contributed by atoms with E-state index in [0.29, 0.717) is 42.0 Å². The van der Waals surface area contributed by atoms with Crippen LogP contribution in [0, 0.1) is 0 Å². The van der Waals surface area contributed by atoms with Crippen molar-refractivity contribution in [2.24, 2.45) is 0 Å². The molecular weight excluding hydrogens is 411 g/mol. The van der Waals surface area contributed by atoms with Crippen LogP contribution in [0.3, 0.4) is 0 Å². The average molecular weight is 428 g/mol. The van der Waals surface area contributed by atoms with Gasteiger partial charge in [-0.15, -0.1) is 0 Å². The summed E-state index contributed by atoms with van der Waals surface area (Å²) in [5, 5.41) is 9.22. The van der Waals surface area contributed by atoms with Crippen molar-refractivity contribution in [2.75, 3.05) is 13.3 Å². The molecule has 2 aromatic carbocycles. The SMILES string of the molecule is O=C(O)C1CCCN1C(c1ccc2c(c1)OCO2)c1ccc(Cl)c(C(F)(F)F)c1. The number of hydrogen-bond donors (Lipinski definition) is 1. The third kappa shape index (κ3) is 3.74. The molecule has 4 rings (SSSR count). The molecule has 2 unspecified atom stereocenters. The Labute approximate surface area is 169 Å². The van der Waals surface area contributed by atoms with Gasteiger partial charge in [0.2, 0.25) is 6.79 Å². The molecule has 0 bridgehead atoms. The molecule has 9 heteroatoms. The molecule has 0 spiro atoms. The van der Waals surface area contributed by atoms with Crippen molar-refractivity contribution in [1.29, 1.82) is 0 Å². The van der Waals surface area contributed by atoms with Gasteiger partial charge in [-0.2, -0.15) is 13.2 Å². The third-order valence-electron chi connectivity index (χ3n) is 5.23. The molecule has 0 aliphatic carbocycles. The van der Waals surface area contributed by atoms with E-state index in [4.69, 9.17) is 21.1 Å². The number of hydrogen-bond acceptors (Lipinski definition) is 4. The first-order valence-corrected chi connectivity index (χ1v) is 9.38. The number of carboxylic acid groups (broad SMARTS) is 1. The number of carbonyl (C=O) groups is 1. The quantitative estimate of drug-likeness (QED) is 0.764. The molecule has 0 saturated carbocycles. The summed E-state index contributed by atoms with van der Waals surface area (Å²) >= 11 is 5.78. The van der Waals surface area contributed by atoms with E-state index in [1.165, 1.54) is 12.1 Å². The Balaban J connectivity index is 1.84. The lowest BCUT2D eigenvalue weighted by atomic mass is 9.94. The number of nitrogens with zero attached hydrogens (tertiary/aromatic N) is 1. The number of likely N-dealkylation sites (tertiary alicyclic amines) is 1. The Kier molecular flexibility index (Phi) is 5.08. The molecule has 2 heterocycles. The van der Waals surface area contributed by atoms with Crippen LogP contribution in [-0.4, -0.2) is 35.4 Å². The lowest BCUT2D eigenvalue weighted by Crippen LogP contribution is -2.39. The van der Waals surface area contributed by atoms with Crippen LogP contribution in [-0.2, 0) is 11.0 Å². The van der Waals surface area contributed by atoms with Crippen molar-refractivity contribution in [3.8, 4) is 11.5 Å². The number of carboxylic acids is 1. The van der Waals surface area contributed by atoms with Crippen molar-refractivity contribution in [1.82, 2.24) is 4.90 Å². The number of halogens is 4. The highest BCUT2D eigenvalue weighted by Crippen LogP contribution is 2.42. The number of fused-ring (bicyclic) bond motifs is 1. The van der Waals surface area contributed by atoms with Gasteiger partial charge in [0.05, 0.1) is 16.6 Å². The zero-order valence-corrected chi connectivity index (χ0v) is 15.8. The van der Waals surface area contributed by atoms with E-state index in [9.17, 15) is 23.1 Å². The van der Waals surface area contributed by atoms with Gasteiger partial charge in [-0.25, -0.2) is 0 Å². The molecule has 2 aliphatic rings. The lowest BCUT2D eigenvalue weighted by molar-refractivity contribution is -0.143. The summed E-state index contributed by atoms with van der Waals surface area (Å²) in [4.78, 5) is 13.5. The highest BCUT2D eigenvalue weighted by Gasteiger charge is 2.39. The zero-order valence-electron chi connectivity index (χ0n) is 15.1. The van der Waals surface area contributed by atoms with Gasteiger partial charge >= 0.3 is 12.1 Å². The van der Waals surface area contributed by atoms with Crippen LogP contribution in [0.5, 0.6) is 11.5 Å². The number of benzene rings is 2. The van der Waals surface area contributed by atoms with E-state index in [-0.39, 0.29) is 6.79 Å². The molecule has 2 atom stereocenters. The summed E-state index contributed by atoms with van der Waals surface area (Å²) in [6.45, 7) is 0.504. The van der Waals surface area contributed by atoms with Crippen LogP contribution in [0.25, 0.3) is 0 Å². The molecule has 1 N–H and O–H groups in total. The molecule has 0 amide bonds. The largest absolute Gasteiger partial charge is 0.480 e. The Hall–Kier alpha value is -2.45. The van der Waals surface area contributed by atoms with E-state index >= 15 is 0 Å². The van der Waals surface area contributed by atoms with Gasteiger partial charge in [-0.3, -0.25) is 9.69 Å². The van der Waals surface area contributed by atoms with Gasteiger partial charge < -0.3 is 14.6 Å². The first-order valence-electron chi connectivity index (χ1n) is 9.00. The average Bonchev–Trinajstić information content (AvgIpc) is 3.31. The van der Waals surface area contributed by atoms with E-state index in [1.54, 1.807) is 23.1 Å². The van der Waals surface area contributed by atoms with Crippen molar-refractivity contribution >= 4 is 17.6 Å². The molecule has 0 radical (unpaired) electrons. The second-order valence-corrected chi connectivity index (χ2v) is 7.39. The number of rotatable bonds is 4. The number of alkyl halides is 3. The molecule has 1 fully saturated rings. The molecule has 2 aromatic rings. The third-order valence-corrected chi connectivity index (χ3v) is 5.56. The van der Waals surface area contributed by atoms with Crippen molar-refractivity contribution in [2.45, 2.75) is 31.1 Å². The topological polar surface area (TPSA) is 59.0 Å². The van der Waals surface area contributed by atoms with Crippen LogP contribution in [0.2, 0.25) is 5.02 Å². The highest BCUT2D eigenvalue weighted by atomic mass is 35.5. The number of aliphatic carboxylic acids is 1. The van der Waals surface area contributed by atoms with Crippen molar-refractivity contribution in [3.05, 3.63) is 58.1 Å². The predicted molar refractivity (Wildman–Crippen MR) is 98.2 cm³/mol. The maximum absolute atomic E-state index is 13.4. The number of ether oxygens (including phenoxy) is 2. The smallest absolute Gasteiger partial charge is 0.417 e. The maximum Gasteiger partial charge on any atom is 0.417 e. The molecule has 2 aliphatic heterocycles. The van der Waals surface area contributed by atoms with Crippen LogP contribution < -0.4 is 9.47 Å². The summed E-state index contributed by atoms with van der Waals surface area (Å²) in [5.74, 6) is 0.0117. The second-order valence-electron chi connectivity index (χ2n) is 6.99. The zero-order chi connectivity index (χ0) is 20.8. The Morgan fingerprint density at radius 2 is 1.83 bits per heavy atom. The van der Waals surface area contributed by atoms with E-state index in [2.05, 4.69) is 0 Å². The van der Waals surface area contributed by atoms with Crippen LogP contribution >= 0.6 is 11.6 Å². The van der Waals surface area contributed by atoms with Gasteiger partial charge in [-0.05, 0) is 48.2 Å². The second kappa shape index (κ2) is 7.42. The van der Waals surface area contributed by atoms with Gasteiger partial charge in [-0.1, -0.05) is 23.7 Å². The molecular formula is C20H17ClF3NO4. The van der Waals surface area contributed by atoms with E-state index in [1.807, 2.05) is 0 Å². The van der Waals surface area contributed by atoms with Gasteiger partial charge in [0.15, 0.2) is 11.5 Å². The minimum atomic E-state index is -4.62. The summed E-state index contributed by atoms with van der Waals surface area (Å²) in [6.07, 6.45) is -3.56. The van der Waals surface area contributed by atoms with Crippen LogP contribution in [0.15, 0.2) is 36.4 Å². The van der Waals surface area contributed by atoms with Crippen LogP contribution in [0.4, 0.5) is 13.2 Å². The fourth-order valence-electron chi connectivity index (χ4n) is 3.95. The molecule has 1 saturated heterocycles. The molecule has 5 nitrogen and oxygen atoms in total. The molecule has 29 heavy (non-hydrogen) atoms. The standard InChI is InChI=1S/C20H17ClF3NO4/c21-14-5-3-11(8-13(14)20(22,23)24)18(25-7-1-2-15(25)19(26)27)12-4-6-16-17(9-12)29-10-28-16/h3-6,8-9,15,18H,1-2,7,10H2,(H,26,27). The highest BCUT2D eigenvalue weighted by molar-refractivity contribution is 6.31. The molecule has 0 aromatic heterocycles. The summed E-state index contributed by atoms with van der Waals surface area (Å²) in [6, 6.07) is 7.28. The van der Waals surface area contributed by atoms with Gasteiger partial charge in [0, 0.05) is 6.54 Å². The van der Waals surface area contributed by atoms with Crippen LogP contribution in [0.1, 0.15) is 35.6 Å². The van der Waals surface area contributed by atoms with E-state index in [0.717, 1.165) is 6.07 Å². The molecule has 154 valence electrons. The summed E-state index contributed by atoms with van der Waals surface area (Å²) in [5.41, 5.74) is -0.0138. The van der Waals surface area contributed by atoms with E-state index < -0.39 is 34.8 Å². The minimum absolute atomic E-state index is 0.0596. The normalized spacial score (nSPS) is 20.1.